The van der Waals surface area contributed by atoms with Crippen LogP contribution in [0.5, 0.6) is 5.75 Å². The molecule has 4 rings (SSSR count). The smallest absolute Gasteiger partial charge is 0.126 e. The van der Waals surface area contributed by atoms with Gasteiger partial charge in [0.2, 0.25) is 0 Å². The summed E-state index contributed by atoms with van der Waals surface area (Å²) in [5, 5.41) is 7.69. The van der Waals surface area contributed by atoms with Crippen molar-refractivity contribution in [3.8, 4) is 16.9 Å². The van der Waals surface area contributed by atoms with Crippen LogP contribution in [-0.2, 0) is 13.6 Å². The molecule has 0 bridgehead atoms. The molecule has 5 heteroatoms. The highest BCUT2D eigenvalue weighted by molar-refractivity contribution is 5.64. The third-order valence-electron chi connectivity index (χ3n) is 4.63. The summed E-state index contributed by atoms with van der Waals surface area (Å²) in [5.41, 5.74) is 4.92. The van der Waals surface area contributed by atoms with E-state index >= 15 is 0 Å². The molecule has 25 heavy (non-hydrogen) atoms. The number of nitrogens with one attached hydrogen (secondary N) is 1. The van der Waals surface area contributed by atoms with Gasteiger partial charge < -0.3 is 10.1 Å². The molecular weight excluding hydrogens is 312 g/mol. The molecule has 0 amide bonds. The van der Waals surface area contributed by atoms with Gasteiger partial charge in [-0.25, -0.2) is 4.98 Å². The molecule has 0 radical (unpaired) electrons. The molecule has 2 aromatic heterocycles. The van der Waals surface area contributed by atoms with Crippen molar-refractivity contribution in [2.45, 2.75) is 25.3 Å². The minimum absolute atomic E-state index is 0.706. The third-order valence-corrected chi connectivity index (χ3v) is 4.63. The van der Waals surface area contributed by atoms with E-state index in [1.165, 1.54) is 24.0 Å². The van der Waals surface area contributed by atoms with Crippen molar-refractivity contribution >= 4 is 5.82 Å². The highest BCUT2D eigenvalue weighted by atomic mass is 16.5. The van der Waals surface area contributed by atoms with Gasteiger partial charge in [0.1, 0.15) is 11.6 Å². The molecule has 1 N–H and O–H groups in total. The van der Waals surface area contributed by atoms with Crippen molar-refractivity contribution in [3.63, 3.8) is 0 Å². The highest BCUT2D eigenvalue weighted by Gasteiger charge is 2.26. The summed E-state index contributed by atoms with van der Waals surface area (Å²) in [4.78, 5) is 4.45. The Balaban J connectivity index is 1.53. The number of pyridine rings is 1. The van der Waals surface area contributed by atoms with Crippen molar-refractivity contribution in [1.82, 2.24) is 14.8 Å². The van der Waals surface area contributed by atoms with Gasteiger partial charge >= 0.3 is 0 Å². The van der Waals surface area contributed by atoms with E-state index < -0.39 is 0 Å². The molecule has 1 saturated carbocycles. The van der Waals surface area contributed by atoms with E-state index in [-0.39, 0.29) is 0 Å². The molecule has 0 atom stereocenters. The van der Waals surface area contributed by atoms with Crippen molar-refractivity contribution in [1.29, 1.82) is 0 Å². The number of aryl methyl sites for hydroxylation is 1. The molecule has 2 heterocycles. The summed E-state index contributed by atoms with van der Waals surface area (Å²) in [6, 6.07) is 10.5. The van der Waals surface area contributed by atoms with Gasteiger partial charge in [0.25, 0.3) is 0 Å². The van der Waals surface area contributed by atoms with Crippen LogP contribution in [0.3, 0.4) is 0 Å². The van der Waals surface area contributed by atoms with Crippen molar-refractivity contribution < 1.29 is 4.74 Å². The van der Waals surface area contributed by atoms with E-state index in [1.54, 1.807) is 11.8 Å². The van der Waals surface area contributed by atoms with Crippen LogP contribution in [0.15, 0.2) is 48.9 Å². The molecule has 1 aliphatic rings. The lowest BCUT2D eigenvalue weighted by molar-refractivity contribution is 0.414. The van der Waals surface area contributed by atoms with Gasteiger partial charge in [0, 0.05) is 31.5 Å². The normalized spacial score (nSPS) is 13.7. The van der Waals surface area contributed by atoms with E-state index in [1.807, 2.05) is 31.7 Å². The van der Waals surface area contributed by atoms with Crippen molar-refractivity contribution in [3.05, 3.63) is 60.0 Å². The summed E-state index contributed by atoms with van der Waals surface area (Å²) in [7, 11) is 3.63. The third kappa shape index (κ3) is 3.50. The Bertz CT molecular complexity index is 883. The molecule has 1 fully saturated rings. The van der Waals surface area contributed by atoms with Gasteiger partial charge in [-0.05, 0) is 59.7 Å². The average molecular weight is 334 g/mol. The molecule has 0 unspecified atom stereocenters. The molecule has 1 aliphatic carbocycles. The lowest BCUT2D eigenvalue weighted by atomic mass is 10.0. The van der Waals surface area contributed by atoms with Crippen LogP contribution in [0.25, 0.3) is 11.1 Å². The second kappa shape index (κ2) is 6.59. The van der Waals surface area contributed by atoms with E-state index in [2.05, 4.69) is 39.7 Å². The molecule has 0 saturated heterocycles. The first-order valence-electron chi connectivity index (χ1n) is 8.58. The summed E-state index contributed by atoms with van der Waals surface area (Å²) in [5.74, 6) is 2.47. The second-order valence-electron chi connectivity index (χ2n) is 6.53. The van der Waals surface area contributed by atoms with E-state index in [9.17, 15) is 0 Å². The number of nitrogens with zero attached hydrogens (tertiary/aromatic N) is 3. The zero-order chi connectivity index (χ0) is 17.2. The first kappa shape index (κ1) is 15.7. The Hall–Kier alpha value is -2.82. The number of ether oxygens (including phenoxy) is 1. The monoisotopic (exact) mass is 334 g/mol. The first-order chi connectivity index (χ1) is 12.2. The van der Waals surface area contributed by atoms with E-state index in [0.29, 0.717) is 5.92 Å². The highest BCUT2D eigenvalue weighted by Crippen LogP contribution is 2.42. The lowest BCUT2D eigenvalue weighted by Crippen LogP contribution is -2.04. The van der Waals surface area contributed by atoms with E-state index in [0.717, 1.165) is 29.2 Å². The van der Waals surface area contributed by atoms with Crippen LogP contribution in [0, 0.1) is 0 Å². The zero-order valence-electron chi connectivity index (χ0n) is 14.6. The Labute approximate surface area is 147 Å². The van der Waals surface area contributed by atoms with Gasteiger partial charge in [0.05, 0.1) is 13.3 Å². The Morgan fingerprint density at radius 1 is 1.20 bits per heavy atom. The maximum Gasteiger partial charge on any atom is 0.126 e. The molecule has 3 aromatic rings. The van der Waals surface area contributed by atoms with Gasteiger partial charge in [-0.3, -0.25) is 4.68 Å². The predicted molar refractivity (Wildman–Crippen MR) is 98.7 cm³/mol. The molecule has 5 nitrogen and oxygen atoms in total. The van der Waals surface area contributed by atoms with Crippen molar-refractivity contribution in [2.75, 3.05) is 12.4 Å². The Morgan fingerprint density at radius 2 is 2.08 bits per heavy atom. The van der Waals surface area contributed by atoms with Crippen LogP contribution < -0.4 is 10.1 Å². The number of methoxy groups -OCH3 is 1. The standard InChI is InChI=1S/C20H22N4O/c1-24-13-17(12-23-24)15-7-8-21-20(10-15)22-11-16-9-18(25-2)5-6-19(16)14-3-4-14/h5-10,12-14H,3-4,11H2,1-2H3,(H,21,22). The van der Waals surface area contributed by atoms with Crippen molar-refractivity contribution in [2.24, 2.45) is 7.05 Å². The minimum Gasteiger partial charge on any atom is -0.497 e. The van der Waals surface area contributed by atoms with Crippen LogP contribution >= 0.6 is 0 Å². The van der Waals surface area contributed by atoms with E-state index in [4.69, 9.17) is 4.74 Å². The fourth-order valence-corrected chi connectivity index (χ4v) is 3.12. The zero-order valence-corrected chi connectivity index (χ0v) is 14.6. The first-order valence-corrected chi connectivity index (χ1v) is 8.58. The summed E-state index contributed by atoms with van der Waals surface area (Å²) in [6.45, 7) is 0.743. The second-order valence-corrected chi connectivity index (χ2v) is 6.53. The van der Waals surface area contributed by atoms with Gasteiger partial charge in [-0.15, -0.1) is 0 Å². The van der Waals surface area contributed by atoms with Crippen LogP contribution in [-0.4, -0.2) is 21.9 Å². The maximum atomic E-state index is 5.39. The fraction of sp³-hybridized carbons (Fsp3) is 0.300. The largest absolute Gasteiger partial charge is 0.497 e. The van der Waals surface area contributed by atoms with Crippen LogP contribution in [0.1, 0.15) is 29.9 Å². The summed E-state index contributed by atoms with van der Waals surface area (Å²) in [6.07, 6.45) is 8.28. The number of rotatable bonds is 6. The van der Waals surface area contributed by atoms with Crippen LogP contribution in [0.2, 0.25) is 0 Å². The number of anilines is 1. The molecule has 0 spiro atoms. The van der Waals surface area contributed by atoms with Crippen LogP contribution in [0.4, 0.5) is 5.82 Å². The quantitative estimate of drug-likeness (QED) is 0.741. The predicted octanol–water partition coefficient (Wildman–Crippen LogP) is 3.98. The number of hydrogen-bond donors (Lipinski definition) is 1. The number of benzene rings is 1. The Morgan fingerprint density at radius 3 is 2.80 bits per heavy atom. The molecule has 128 valence electrons. The SMILES string of the molecule is COc1ccc(C2CC2)c(CNc2cc(-c3cnn(C)c3)ccn2)c1. The summed E-state index contributed by atoms with van der Waals surface area (Å²) >= 11 is 0. The van der Waals surface area contributed by atoms with Gasteiger partial charge in [0.15, 0.2) is 0 Å². The number of hydrogen-bond acceptors (Lipinski definition) is 4. The maximum absolute atomic E-state index is 5.39. The summed E-state index contributed by atoms with van der Waals surface area (Å²) < 4.78 is 7.20. The topological polar surface area (TPSA) is 52.0 Å². The molecule has 1 aromatic carbocycles. The van der Waals surface area contributed by atoms with Gasteiger partial charge in [-0.2, -0.15) is 5.10 Å². The minimum atomic E-state index is 0.706. The average Bonchev–Trinajstić information content (AvgIpc) is 3.40. The number of aromatic nitrogens is 3. The fourth-order valence-electron chi connectivity index (χ4n) is 3.12. The molecule has 0 aliphatic heterocycles. The Kier molecular flexibility index (Phi) is 4.14. The molecular formula is C20H22N4O. The lowest BCUT2D eigenvalue weighted by Gasteiger charge is -2.13. The van der Waals surface area contributed by atoms with Gasteiger partial charge in [-0.1, -0.05) is 6.07 Å².